The fraction of sp³-hybridized carbons (Fsp3) is 1.00. The second-order valence-corrected chi connectivity index (χ2v) is 4.87. The number of methoxy groups -OCH3 is 1. The summed E-state index contributed by atoms with van der Waals surface area (Å²) in [5.41, 5.74) is 0. The van der Waals surface area contributed by atoms with Gasteiger partial charge in [0, 0.05) is 13.7 Å². The highest BCUT2D eigenvalue weighted by Crippen LogP contribution is 2.44. The van der Waals surface area contributed by atoms with E-state index in [1.165, 1.54) is 45.2 Å². The summed E-state index contributed by atoms with van der Waals surface area (Å²) in [5, 5.41) is 3.45. The van der Waals surface area contributed by atoms with Crippen LogP contribution in [0.4, 0.5) is 0 Å². The van der Waals surface area contributed by atoms with Crippen LogP contribution in [0.15, 0.2) is 0 Å². The summed E-state index contributed by atoms with van der Waals surface area (Å²) in [6, 6.07) is 0. The van der Waals surface area contributed by atoms with E-state index in [0.29, 0.717) is 0 Å². The number of ether oxygens (including phenoxy) is 1. The van der Waals surface area contributed by atoms with Gasteiger partial charge in [0.1, 0.15) is 0 Å². The highest BCUT2D eigenvalue weighted by Gasteiger charge is 2.36. The van der Waals surface area contributed by atoms with Crippen LogP contribution in [0.5, 0.6) is 0 Å². The molecule has 1 atom stereocenters. The number of hydrogen-bond acceptors (Lipinski definition) is 2. The quantitative estimate of drug-likeness (QED) is 0.728. The first-order valence-corrected chi connectivity index (χ1v) is 6.11. The minimum Gasteiger partial charge on any atom is -0.385 e. The smallest absolute Gasteiger partial charge is 0.0465 e. The lowest BCUT2D eigenvalue weighted by molar-refractivity contribution is 0.138. The van der Waals surface area contributed by atoms with E-state index in [0.717, 1.165) is 24.4 Å². The molecule has 0 amide bonds. The molecule has 1 saturated heterocycles. The molecule has 2 rings (SSSR count). The number of rotatable bonds is 5. The molecule has 1 N–H and O–H groups in total. The van der Waals surface area contributed by atoms with E-state index in [-0.39, 0.29) is 0 Å². The zero-order chi connectivity index (χ0) is 9.80. The zero-order valence-corrected chi connectivity index (χ0v) is 9.30. The van der Waals surface area contributed by atoms with Gasteiger partial charge in [-0.3, -0.25) is 0 Å². The lowest BCUT2D eigenvalue weighted by atomic mass is 9.80. The van der Waals surface area contributed by atoms with Gasteiger partial charge in [-0.1, -0.05) is 0 Å². The van der Waals surface area contributed by atoms with Crippen molar-refractivity contribution in [3.8, 4) is 0 Å². The first kappa shape index (κ1) is 10.4. The summed E-state index contributed by atoms with van der Waals surface area (Å²) >= 11 is 0. The van der Waals surface area contributed by atoms with Crippen LogP contribution in [0.3, 0.4) is 0 Å². The first-order valence-electron chi connectivity index (χ1n) is 6.11. The molecule has 0 aromatic heterocycles. The molecule has 0 spiro atoms. The van der Waals surface area contributed by atoms with Gasteiger partial charge in [-0.25, -0.2) is 0 Å². The molecule has 2 aliphatic rings. The van der Waals surface area contributed by atoms with Crippen molar-refractivity contribution in [3.05, 3.63) is 0 Å². The zero-order valence-electron chi connectivity index (χ0n) is 9.30. The van der Waals surface area contributed by atoms with Crippen LogP contribution in [-0.2, 0) is 4.74 Å². The van der Waals surface area contributed by atoms with Gasteiger partial charge < -0.3 is 10.1 Å². The van der Waals surface area contributed by atoms with Crippen LogP contribution in [0, 0.1) is 17.8 Å². The molecule has 0 bridgehead atoms. The van der Waals surface area contributed by atoms with Crippen molar-refractivity contribution in [2.75, 3.05) is 26.8 Å². The molecule has 0 radical (unpaired) electrons. The molecule has 2 heteroatoms. The Morgan fingerprint density at radius 1 is 1.14 bits per heavy atom. The van der Waals surface area contributed by atoms with Crippen molar-refractivity contribution in [2.45, 2.75) is 32.1 Å². The Labute approximate surface area is 87.4 Å². The third kappa shape index (κ3) is 2.71. The SMILES string of the molecule is COCCC(C1CCNCC1)C1CC1. The van der Waals surface area contributed by atoms with E-state index in [9.17, 15) is 0 Å². The minimum absolute atomic E-state index is 0.963. The second-order valence-electron chi connectivity index (χ2n) is 4.87. The van der Waals surface area contributed by atoms with E-state index in [1.807, 2.05) is 7.11 Å². The molecule has 1 unspecified atom stereocenters. The topological polar surface area (TPSA) is 21.3 Å². The molecule has 0 aromatic carbocycles. The number of hydrogen-bond donors (Lipinski definition) is 1. The molecule has 0 aromatic rings. The molecular weight excluding hydrogens is 174 g/mol. The summed E-state index contributed by atoms with van der Waals surface area (Å²) in [6.45, 7) is 3.44. The van der Waals surface area contributed by atoms with E-state index >= 15 is 0 Å². The molecule has 1 heterocycles. The predicted molar refractivity (Wildman–Crippen MR) is 58.3 cm³/mol. The van der Waals surface area contributed by atoms with Gasteiger partial charge in [0.05, 0.1) is 0 Å². The maximum absolute atomic E-state index is 5.23. The van der Waals surface area contributed by atoms with Gasteiger partial charge in [0.25, 0.3) is 0 Å². The summed E-state index contributed by atoms with van der Waals surface area (Å²) in [4.78, 5) is 0. The van der Waals surface area contributed by atoms with E-state index in [2.05, 4.69) is 5.32 Å². The van der Waals surface area contributed by atoms with Gasteiger partial charge in [0.2, 0.25) is 0 Å². The molecule has 1 saturated carbocycles. The van der Waals surface area contributed by atoms with E-state index in [4.69, 9.17) is 4.74 Å². The maximum atomic E-state index is 5.23. The second kappa shape index (κ2) is 5.13. The molecule has 2 fully saturated rings. The lowest BCUT2D eigenvalue weighted by Crippen LogP contribution is -2.32. The summed E-state index contributed by atoms with van der Waals surface area (Å²) < 4.78 is 5.23. The molecule has 2 nitrogen and oxygen atoms in total. The maximum Gasteiger partial charge on any atom is 0.0465 e. The Kier molecular flexibility index (Phi) is 3.82. The fourth-order valence-electron chi connectivity index (χ4n) is 2.91. The molecule has 14 heavy (non-hydrogen) atoms. The normalized spacial score (nSPS) is 26.4. The summed E-state index contributed by atoms with van der Waals surface area (Å²) in [6.07, 6.45) is 7.05. The molecule has 82 valence electrons. The Morgan fingerprint density at radius 3 is 2.36 bits per heavy atom. The largest absolute Gasteiger partial charge is 0.385 e. The van der Waals surface area contributed by atoms with Crippen molar-refractivity contribution >= 4 is 0 Å². The third-order valence-electron chi connectivity index (χ3n) is 3.87. The highest BCUT2D eigenvalue weighted by molar-refractivity contribution is 4.87. The van der Waals surface area contributed by atoms with Gasteiger partial charge in [0.15, 0.2) is 0 Å². The Balaban J connectivity index is 1.81. The van der Waals surface area contributed by atoms with Gasteiger partial charge in [-0.05, 0) is 62.9 Å². The van der Waals surface area contributed by atoms with Crippen LogP contribution in [0.2, 0.25) is 0 Å². The van der Waals surface area contributed by atoms with Crippen LogP contribution in [-0.4, -0.2) is 26.8 Å². The average Bonchev–Trinajstić information content (AvgIpc) is 3.04. The summed E-state index contributed by atoms with van der Waals surface area (Å²) in [5.74, 6) is 3.00. The molecule has 1 aliphatic heterocycles. The van der Waals surface area contributed by atoms with Crippen LogP contribution < -0.4 is 5.32 Å². The van der Waals surface area contributed by atoms with Crippen molar-refractivity contribution in [2.24, 2.45) is 17.8 Å². The van der Waals surface area contributed by atoms with Gasteiger partial charge in [-0.2, -0.15) is 0 Å². The lowest BCUT2D eigenvalue weighted by Gasteiger charge is -2.30. The Bertz CT molecular complexity index is 162. The van der Waals surface area contributed by atoms with E-state index in [1.54, 1.807) is 0 Å². The Hall–Kier alpha value is -0.0800. The molecular formula is C12H23NO. The van der Waals surface area contributed by atoms with Crippen molar-refractivity contribution in [1.29, 1.82) is 0 Å². The van der Waals surface area contributed by atoms with E-state index < -0.39 is 0 Å². The molecule has 1 aliphatic carbocycles. The third-order valence-corrected chi connectivity index (χ3v) is 3.87. The predicted octanol–water partition coefficient (Wildman–Crippen LogP) is 2.05. The number of piperidine rings is 1. The summed E-state index contributed by atoms with van der Waals surface area (Å²) in [7, 11) is 1.83. The first-order chi connectivity index (χ1) is 6.92. The average molecular weight is 197 g/mol. The van der Waals surface area contributed by atoms with Crippen LogP contribution in [0.1, 0.15) is 32.1 Å². The standard InChI is InChI=1S/C12H23NO/c1-14-9-6-12(10-2-3-10)11-4-7-13-8-5-11/h10-13H,2-9H2,1H3. The minimum atomic E-state index is 0.963. The van der Waals surface area contributed by atoms with Crippen molar-refractivity contribution in [3.63, 3.8) is 0 Å². The van der Waals surface area contributed by atoms with Crippen molar-refractivity contribution < 1.29 is 4.74 Å². The highest BCUT2D eigenvalue weighted by atomic mass is 16.5. The van der Waals surface area contributed by atoms with Gasteiger partial charge >= 0.3 is 0 Å². The van der Waals surface area contributed by atoms with Gasteiger partial charge in [-0.15, -0.1) is 0 Å². The monoisotopic (exact) mass is 197 g/mol. The Morgan fingerprint density at radius 2 is 1.79 bits per heavy atom. The number of nitrogens with one attached hydrogen (secondary N) is 1. The van der Waals surface area contributed by atoms with Crippen molar-refractivity contribution in [1.82, 2.24) is 5.32 Å². The van der Waals surface area contributed by atoms with Crippen LogP contribution >= 0.6 is 0 Å². The van der Waals surface area contributed by atoms with Crippen LogP contribution in [0.25, 0.3) is 0 Å². The fourth-order valence-corrected chi connectivity index (χ4v) is 2.91.